The zero-order chi connectivity index (χ0) is 33.3. The Morgan fingerprint density at radius 3 is 2.47 bits per heavy atom. The van der Waals surface area contributed by atoms with Crippen LogP contribution < -0.4 is 25.6 Å². The number of benzene rings is 2. The second kappa shape index (κ2) is 13.2. The van der Waals surface area contributed by atoms with Crippen LogP contribution in [-0.4, -0.2) is 73.3 Å². The van der Waals surface area contributed by atoms with Gasteiger partial charge >= 0.3 is 6.18 Å². The molecule has 2 aromatic carbocycles. The first-order chi connectivity index (χ1) is 22.5. The van der Waals surface area contributed by atoms with Gasteiger partial charge in [0, 0.05) is 69.5 Å². The molecule has 47 heavy (non-hydrogen) atoms. The predicted molar refractivity (Wildman–Crippen MR) is 176 cm³/mol. The number of carbonyl (C=O) groups excluding carboxylic acids is 1. The summed E-state index contributed by atoms with van der Waals surface area (Å²) in [5.41, 5.74) is 1.85. The molecule has 252 valence electrons. The second-order valence-electron chi connectivity index (χ2n) is 12.9. The highest BCUT2D eigenvalue weighted by molar-refractivity contribution is 6.06. The molecular weight excluding hydrogens is 611 g/mol. The Hall–Kier alpha value is -4.10. The van der Waals surface area contributed by atoms with Crippen LogP contribution in [0.2, 0.25) is 0 Å². The molecule has 4 heterocycles. The van der Waals surface area contributed by atoms with Crippen LogP contribution in [0.4, 0.5) is 42.0 Å². The lowest BCUT2D eigenvalue weighted by molar-refractivity contribution is -0.137. The molecule has 0 spiro atoms. The average Bonchev–Trinajstić information content (AvgIpc) is 3.31. The lowest BCUT2D eigenvalue weighted by Crippen LogP contribution is -2.48. The van der Waals surface area contributed by atoms with Crippen molar-refractivity contribution in [3.8, 4) is 5.75 Å². The monoisotopic (exact) mass is 653 g/mol. The molecule has 2 saturated heterocycles. The molecule has 0 bridgehead atoms. The minimum Gasteiger partial charge on any atom is -0.494 e. The molecule has 3 aromatic rings. The summed E-state index contributed by atoms with van der Waals surface area (Å²) in [4.78, 5) is 25.7. The van der Waals surface area contributed by atoms with Gasteiger partial charge in [-0.3, -0.25) is 4.79 Å². The molecule has 0 unspecified atom stereocenters. The number of rotatable bonds is 9. The SMILES string of the molecule is COc1cc(N2CCC(N3CCC(OC)CC3)CC2)ccc1Nc1ncc(C(F)(F)F)c(NCc2cccc3c2C(C)(C)C(=O)N3)n1. The Bertz CT molecular complexity index is 1600. The summed E-state index contributed by atoms with van der Waals surface area (Å²) in [6.45, 7) is 7.61. The van der Waals surface area contributed by atoms with Gasteiger partial charge in [-0.25, -0.2) is 4.98 Å². The fraction of sp³-hybridized carbons (Fsp3) is 0.500. The van der Waals surface area contributed by atoms with E-state index < -0.39 is 17.2 Å². The average molecular weight is 654 g/mol. The molecule has 10 nitrogen and oxygen atoms in total. The second-order valence-corrected chi connectivity index (χ2v) is 12.9. The van der Waals surface area contributed by atoms with E-state index in [1.165, 1.54) is 0 Å². The number of nitrogens with zero attached hydrogens (tertiary/aromatic N) is 4. The molecule has 6 rings (SSSR count). The third-order valence-corrected chi connectivity index (χ3v) is 9.72. The highest BCUT2D eigenvalue weighted by Gasteiger charge is 2.40. The summed E-state index contributed by atoms with van der Waals surface area (Å²) in [5, 5.41) is 8.75. The molecule has 3 aliphatic heterocycles. The van der Waals surface area contributed by atoms with E-state index >= 15 is 0 Å². The van der Waals surface area contributed by atoms with E-state index in [9.17, 15) is 18.0 Å². The summed E-state index contributed by atoms with van der Waals surface area (Å²) in [6, 6.07) is 11.7. The number of alkyl halides is 3. The Labute approximate surface area is 273 Å². The molecule has 2 fully saturated rings. The van der Waals surface area contributed by atoms with Gasteiger partial charge in [0.25, 0.3) is 0 Å². The first-order valence-electron chi connectivity index (χ1n) is 16.1. The van der Waals surface area contributed by atoms with Crippen LogP contribution in [0.5, 0.6) is 5.75 Å². The number of hydrogen-bond acceptors (Lipinski definition) is 9. The highest BCUT2D eigenvalue weighted by atomic mass is 19.4. The number of likely N-dealkylation sites (tertiary alicyclic amines) is 1. The number of ether oxygens (including phenoxy) is 2. The number of fused-ring (bicyclic) bond motifs is 1. The zero-order valence-electron chi connectivity index (χ0n) is 27.2. The maximum Gasteiger partial charge on any atom is 0.421 e. The van der Waals surface area contributed by atoms with Crippen molar-refractivity contribution in [2.45, 2.75) is 69.8 Å². The normalized spacial score (nSPS) is 19.0. The van der Waals surface area contributed by atoms with Gasteiger partial charge in [-0.1, -0.05) is 12.1 Å². The van der Waals surface area contributed by atoms with Crippen molar-refractivity contribution < 1.29 is 27.4 Å². The quantitative estimate of drug-likeness (QED) is 0.250. The van der Waals surface area contributed by atoms with Gasteiger partial charge in [-0.15, -0.1) is 0 Å². The molecule has 0 saturated carbocycles. The summed E-state index contributed by atoms with van der Waals surface area (Å²) < 4.78 is 53.2. The number of methoxy groups -OCH3 is 2. The molecule has 1 amide bonds. The molecule has 1 aromatic heterocycles. The van der Waals surface area contributed by atoms with Crippen molar-refractivity contribution in [2.75, 3.05) is 61.2 Å². The van der Waals surface area contributed by atoms with Crippen LogP contribution in [0.25, 0.3) is 0 Å². The topological polar surface area (TPSA) is 104 Å². The molecular formula is C34H42F3N7O3. The molecule has 3 N–H and O–H groups in total. The van der Waals surface area contributed by atoms with E-state index in [0.29, 0.717) is 34.8 Å². The highest BCUT2D eigenvalue weighted by Crippen LogP contribution is 2.41. The zero-order valence-corrected chi connectivity index (χ0v) is 27.2. The van der Waals surface area contributed by atoms with Gasteiger partial charge in [0.15, 0.2) is 0 Å². The Morgan fingerprint density at radius 2 is 1.79 bits per heavy atom. The van der Waals surface area contributed by atoms with Gasteiger partial charge < -0.3 is 35.2 Å². The van der Waals surface area contributed by atoms with Gasteiger partial charge in [0.2, 0.25) is 11.9 Å². The number of anilines is 5. The molecule has 13 heteroatoms. The van der Waals surface area contributed by atoms with E-state index in [1.54, 1.807) is 46.3 Å². The maximum atomic E-state index is 14.0. The summed E-state index contributed by atoms with van der Waals surface area (Å²) in [6.07, 6.45) is 0.769. The fourth-order valence-electron chi connectivity index (χ4n) is 7.01. The van der Waals surface area contributed by atoms with Crippen LogP contribution in [0.15, 0.2) is 42.6 Å². The smallest absolute Gasteiger partial charge is 0.421 e. The maximum absolute atomic E-state index is 14.0. The molecule has 0 aliphatic carbocycles. The number of carbonyl (C=O) groups is 1. The first-order valence-corrected chi connectivity index (χ1v) is 16.1. The van der Waals surface area contributed by atoms with Crippen molar-refractivity contribution in [3.63, 3.8) is 0 Å². The van der Waals surface area contributed by atoms with Crippen molar-refractivity contribution in [1.82, 2.24) is 14.9 Å². The minimum absolute atomic E-state index is 0.0138. The van der Waals surface area contributed by atoms with E-state index in [2.05, 4.69) is 35.7 Å². The molecule has 3 aliphatic rings. The van der Waals surface area contributed by atoms with Gasteiger partial charge in [0.1, 0.15) is 17.1 Å². The summed E-state index contributed by atoms with van der Waals surface area (Å²) >= 11 is 0. The minimum atomic E-state index is -4.68. The van der Waals surface area contributed by atoms with E-state index in [0.717, 1.165) is 69.3 Å². The van der Waals surface area contributed by atoms with Crippen LogP contribution in [-0.2, 0) is 27.7 Å². The molecule has 0 radical (unpaired) electrons. The van der Waals surface area contributed by atoms with Gasteiger partial charge in [0.05, 0.1) is 24.3 Å². The number of hydrogen-bond donors (Lipinski definition) is 3. The fourth-order valence-corrected chi connectivity index (χ4v) is 7.01. The van der Waals surface area contributed by atoms with Gasteiger partial charge in [-0.05, 0) is 68.9 Å². The lowest BCUT2D eigenvalue weighted by Gasteiger charge is -2.42. The van der Waals surface area contributed by atoms with E-state index in [1.807, 2.05) is 18.2 Å². The third-order valence-electron chi connectivity index (χ3n) is 9.72. The van der Waals surface area contributed by atoms with E-state index in [4.69, 9.17) is 9.47 Å². The largest absolute Gasteiger partial charge is 0.494 e. The lowest BCUT2D eigenvalue weighted by atomic mass is 9.83. The Morgan fingerprint density at radius 1 is 1.04 bits per heavy atom. The number of aromatic nitrogens is 2. The van der Waals surface area contributed by atoms with Gasteiger partial charge in [-0.2, -0.15) is 18.2 Å². The van der Waals surface area contributed by atoms with Crippen molar-refractivity contribution in [3.05, 3.63) is 59.3 Å². The van der Waals surface area contributed by atoms with Crippen LogP contribution in [0.1, 0.15) is 56.2 Å². The summed E-state index contributed by atoms with van der Waals surface area (Å²) in [7, 11) is 3.35. The standard InChI is InChI=1S/C34H42F3N7O3/c1-33(2)29-21(6-5-7-27(29)40-31(33)45)19-38-30-25(34(35,36)37)20-39-32(42-30)41-26-9-8-23(18-28(26)47-4)44-14-10-22(11-15-44)43-16-12-24(46-3)13-17-43/h5-9,18,20,22,24H,10-17,19H2,1-4H3,(H,40,45)(H2,38,39,41,42). The van der Waals surface area contributed by atoms with Crippen LogP contribution in [0, 0.1) is 0 Å². The predicted octanol–water partition coefficient (Wildman–Crippen LogP) is 6.17. The third kappa shape index (κ3) is 6.82. The van der Waals surface area contributed by atoms with Crippen molar-refractivity contribution in [2.24, 2.45) is 0 Å². The molecule has 0 atom stereocenters. The summed E-state index contributed by atoms with van der Waals surface area (Å²) in [5.74, 6) is -0.0106. The Kier molecular flexibility index (Phi) is 9.21. The first kappa shape index (κ1) is 32.8. The number of amides is 1. The Balaban J connectivity index is 1.15. The van der Waals surface area contributed by atoms with Crippen molar-refractivity contribution in [1.29, 1.82) is 0 Å². The number of halogens is 3. The van der Waals surface area contributed by atoms with Crippen LogP contribution >= 0.6 is 0 Å². The van der Waals surface area contributed by atoms with Crippen LogP contribution in [0.3, 0.4) is 0 Å². The van der Waals surface area contributed by atoms with E-state index in [-0.39, 0.29) is 24.2 Å². The van der Waals surface area contributed by atoms with Crippen molar-refractivity contribution >= 4 is 34.7 Å². The number of piperidine rings is 2. The number of nitrogens with one attached hydrogen (secondary N) is 3.